The first-order chi connectivity index (χ1) is 11.5. The molecule has 1 aliphatic heterocycles. The summed E-state index contributed by atoms with van der Waals surface area (Å²) in [5, 5.41) is 0. The van der Waals surface area contributed by atoms with E-state index >= 15 is 0 Å². The van der Waals surface area contributed by atoms with Crippen LogP contribution in [-0.4, -0.2) is 33.7 Å². The van der Waals surface area contributed by atoms with E-state index < -0.39 is 9.84 Å². The van der Waals surface area contributed by atoms with E-state index in [0.717, 1.165) is 11.3 Å². The number of hydrogen-bond donors (Lipinski definition) is 0. The molecule has 126 valence electrons. The molecule has 0 atom stereocenters. The Morgan fingerprint density at radius 1 is 1.12 bits per heavy atom. The van der Waals surface area contributed by atoms with Crippen molar-refractivity contribution in [2.45, 2.75) is 17.7 Å². The number of rotatable bonds is 4. The van der Waals surface area contributed by atoms with Crippen LogP contribution in [0.2, 0.25) is 0 Å². The minimum Gasteiger partial charge on any atom is -0.497 e. The molecule has 2 aromatic carbocycles. The van der Waals surface area contributed by atoms with Gasteiger partial charge in [0, 0.05) is 13.0 Å². The monoisotopic (exact) mass is 345 g/mol. The highest BCUT2D eigenvalue weighted by atomic mass is 32.2. The van der Waals surface area contributed by atoms with Crippen LogP contribution in [0, 0.1) is 0 Å². The zero-order valence-corrected chi connectivity index (χ0v) is 14.3. The summed E-state index contributed by atoms with van der Waals surface area (Å²) in [7, 11) is -1.68. The van der Waals surface area contributed by atoms with Gasteiger partial charge in [0.2, 0.25) is 5.91 Å². The number of carbonyl (C=O) groups is 1. The average molecular weight is 345 g/mol. The molecule has 1 amide bonds. The second kappa shape index (κ2) is 6.65. The van der Waals surface area contributed by atoms with Crippen LogP contribution in [0.5, 0.6) is 5.75 Å². The van der Waals surface area contributed by atoms with Gasteiger partial charge in [-0.2, -0.15) is 0 Å². The van der Waals surface area contributed by atoms with Gasteiger partial charge in [-0.25, -0.2) is 8.42 Å². The van der Waals surface area contributed by atoms with Gasteiger partial charge < -0.3 is 9.64 Å². The molecule has 2 aromatic rings. The summed E-state index contributed by atoms with van der Waals surface area (Å²) in [5.74, 6) is 0.687. The summed E-state index contributed by atoms with van der Waals surface area (Å²) in [5.41, 5.74) is 1.53. The molecule has 0 N–H and O–H groups in total. The molecule has 3 rings (SSSR count). The van der Waals surface area contributed by atoms with Crippen LogP contribution in [0.25, 0.3) is 0 Å². The van der Waals surface area contributed by atoms with Gasteiger partial charge in [0.15, 0.2) is 9.84 Å². The van der Waals surface area contributed by atoms with Crippen molar-refractivity contribution >= 4 is 21.4 Å². The Morgan fingerprint density at radius 2 is 1.83 bits per heavy atom. The average Bonchev–Trinajstić information content (AvgIpc) is 2.60. The molecule has 0 aromatic heterocycles. The van der Waals surface area contributed by atoms with Gasteiger partial charge in [0.05, 0.1) is 23.4 Å². The highest BCUT2D eigenvalue weighted by molar-refractivity contribution is 7.91. The van der Waals surface area contributed by atoms with Crippen molar-refractivity contribution in [2.24, 2.45) is 0 Å². The normalized spacial score (nSPS) is 15.6. The summed E-state index contributed by atoms with van der Waals surface area (Å²) in [4.78, 5) is 14.4. The number of fused-ring (bicyclic) bond motifs is 1. The predicted molar refractivity (Wildman–Crippen MR) is 92.2 cm³/mol. The van der Waals surface area contributed by atoms with Crippen LogP contribution < -0.4 is 9.64 Å². The molecule has 0 unspecified atom stereocenters. The van der Waals surface area contributed by atoms with Gasteiger partial charge in [-0.3, -0.25) is 4.79 Å². The lowest BCUT2D eigenvalue weighted by atomic mass is 10.1. The van der Waals surface area contributed by atoms with E-state index in [4.69, 9.17) is 4.74 Å². The van der Waals surface area contributed by atoms with Crippen LogP contribution in [0.1, 0.15) is 12.0 Å². The van der Waals surface area contributed by atoms with Crippen molar-refractivity contribution in [3.63, 3.8) is 0 Å². The Morgan fingerprint density at radius 3 is 2.54 bits per heavy atom. The fourth-order valence-electron chi connectivity index (χ4n) is 2.82. The van der Waals surface area contributed by atoms with Crippen LogP contribution in [0.15, 0.2) is 53.4 Å². The molecule has 1 heterocycles. The number of methoxy groups -OCH3 is 1. The highest BCUT2D eigenvalue weighted by Crippen LogP contribution is 2.30. The zero-order chi connectivity index (χ0) is 17.2. The number of carbonyl (C=O) groups excluding carboxylic acids is 1. The molecule has 0 saturated carbocycles. The first-order valence-electron chi connectivity index (χ1n) is 7.76. The van der Waals surface area contributed by atoms with E-state index in [9.17, 15) is 13.2 Å². The minimum absolute atomic E-state index is 0.0295. The van der Waals surface area contributed by atoms with Crippen molar-refractivity contribution in [2.75, 3.05) is 24.3 Å². The Kier molecular flexibility index (Phi) is 4.57. The van der Waals surface area contributed by atoms with Crippen molar-refractivity contribution in [3.8, 4) is 5.75 Å². The van der Waals surface area contributed by atoms with Crippen molar-refractivity contribution in [1.82, 2.24) is 0 Å². The molecule has 0 bridgehead atoms. The molecule has 0 saturated heterocycles. The van der Waals surface area contributed by atoms with Gasteiger partial charge in [-0.1, -0.05) is 24.3 Å². The number of ether oxygens (including phenoxy) is 1. The molecule has 0 spiro atoms. The SMILES string of the molecule is COc1ccc(CCC(=O)N2CCS(=O)(=O)c3ccccc32)cc1. The Balaban J connectivity index is 1.73. The summed E-state index contributed by atoms with van der Waals surface area (Å²) >= 11 is 0. The van der Waals surface area contributed by atoms with Crippen LogP contribution in [0.4, 0.5) is 5.69 Å². The first kappa shape index (κ1) is 16.5. The molecule has 0 aliphatic carbocycles. The van der Waals surface area contributed by atoms with Gasteiger partial charge in [-0.15, -0.1) is 0 Å². The number of sulfone groups is 1. The molecule has 5 nitrogen and oxygen atoms in total. The summed E-state index contributed by atoms with van der Waals surface area (Å²) in [6, 6.07) is 14.3. The lowest BCUT2D eigenvalue weighted by Gasteiger charge is -2.29. The highest BCUT2D eigenvalue weighted by Gasteiger charge is 2.30. The van der Waals surface area contributed by atoms with Gasteiger partial charge in [0.1, 0.15) is 5.75 Å². The second-order valence-electron chi connectivity index (χ2n) is 5.68. The smallest absolute Gasteiger partial charge is 0.227 e. The Labute approximate surface area is 141 Å². The molecule has 0 radical (unpaired) electrons. The van der Waals surface area contributed by atoms with E-state index in [0.29, 0.717) is 18.5 Å². The van der Waals surface area contributed by atoms with Crippen LogP contribution >= 0.6 is 0 Å². The summed E-state index contributed by atoms with van der Waals surface area (Å²) < 4.78 is 29.4. The van der Waals surface area contributed by atoms with E-state index in [1.165, 1.54) is 0 Å². The van der Waals surface area contributed by atoms with E-state index in [1.807, 2.05) is 24.3 Å². The Hall–Kier alpha value is -2.34. The predicted octanol–water partition coefficient (Wildman–Crippen LogP) is 2.45. The quantitative estimate of drug-likeness (QED) is 0.854. The maximum Gasteiger partial charge on any atom is 0.227 e. The van der Waals surface area contributed by atoms with Crippen molar-refractivity contribution in [3.05, 3.63) is 54.1 Å². The number of aryl methyl sites for hydroxylation is 1. The topological polar surface area (TPSA) is 63.7 Å². The van der Waals surface area contributed by atoms with E-state index in [1.54, 1.807) is 36.3 Å². The van der Waals surface area contributed by atoms with Gasteiger partial charge in [0.25, 0.3) is 0 Å². The standard InChI is InChI=1S/C18H19NO4S/c1-23-15-9-6-14(7-10-15)8-11-18(20)19-12-13-24(21,22)17-5-3-2-4-16(17)19/h2-7,9-10H,8,11-13H2,1H3. The molecule has 0 fully saturated rings. The Bertz CT molecular complexity index is 844. The maximum absolute atomic E-state index is 12.6. The van der Waals surface area contributed by atoms with Crippen LogP contribution in [0.3, 0.4) is 0 Å². The maximum atomic E-state index is 12.6. The third-order valence-electron chi connectivity index (χ3n) is 4.16. The van der Waals surface area contributed by atoms with Crippen molar-refractivity contribution in [1.29, 1.82) is 0 Å². The number of anilines is 1. The molecule has 6 heteroatoms. The lowest BCUT2D eigenvalue weighted by Crippen LogP contribution is -2.39. The minimum atomic E-state index is -3.29. The third kappa shape index (κ3) is 3.28. The van der Waals surface area contributed by atoms with Crippen molar-refractivity contribution < 1.29 is 17.9 Å². The number of para-hydroxylation sites is 1. The fraction of sp³-hybridized carbons (Fsp3) is 0.278. The molecular formula is C18H19NO4S. The van der Waals surface area contributed by atoms with E-state index in [-0.39, 0.29) is 23.1 Å². The number of benzene rings is 2. The van der Waals surface area contributed by atoms with Gasteiger partial charge >= 0.3 is 0 Å². The number of nitrogens with zero attached hydrogens (tertiary/aromatic N) is 1. The second-order valence-corrected chi connectivity index (χ2v) is 7.76. The van der Waals surface area contributed by atoms with Crippen LogP contribution in [-0.2, 0) is 21.1 Å². The van der Waals surface area contributed by atoms with E-state index in [2.05, 4.69) is 0 Å². The first-order valence-corrected chi connectivity index (χ1v) is 9.41. The molecule has 24 heavy (non-hydrogen) atoms. The fourth-order valence-corrected chi connectivity index (χ4v) is 4.25. The third-order valence-corrected chi connectivity index (χ3v) is 5.90. The molecular weight excluding hydrogens is 326 g/mol. The zero-order valence-electron chi connectivity index (χ0n) is 13.4. The van der Waals surface area contributed by atoms with Gasteiger partial charge in [-0.05, 0) is 36.2 Å². The summed E-state index contributed by atoms with van der Waals surface area (Å²) in [6.45, 7) is 0.209. The molecule has 1 aliphatic rings. The lowest BCUT2D eigenvalue weighted by molar-refractivity contribution is -0.118. The number of amides is 1. The largest absolute Gasteiger partial charge is 0.497 e. The summed E-state index contributed by atoms with van der Waals surface area (Å²) in [6.07, 6.45) is 0.939. The number of hydrogen-bond acceptors (Lipinski definition) is 4.